The third-order valence-corrected chi connectivity index (χ3v) is 6.83. The summed E-state index contributed by atoms with van der Waals surface area (Å²) >= 11 is 6.13. The fourth-order valence-corrected chi connectivity index (χ4v) is 4.74. The van der Waals surface area contributed by atoms with Gasteiger partial charge in [0.15, 0.2) is 0 Å². The van der Waals surface area contributed by atoms with Crippen molar-refractivity contribution in [2.75, 3.05) is 32.4 Å². The molecule has 134 valence electrons. The Hall–Kier alpha value is -0.730. The van der Waals surface area contributed by atoms with Crippen LogP contribution in [0.15, 0.2) is 18.2 Å². The molecule has 0 amide bonds. The predicted molar refractivity (Wildman–Crippen MR) is 90.8 cm³/mol. The molecular formula is C16H22ClFN2O3S. The maximum absolute atomic E-state index is 13.4. The van der Waals surface area contributed by atoms with Gasteiger partial charge in [0.05, 0.1) is 11.9 Å². The zero-order chi connectivity index (χ0) is 17.5. The average molecular weight is 377 g/mol. The van der Waals surface area contributed by atoms with Crippen molar-refractivity contribution in [2.45, 2.75) is 25.0 Å². The average Bonchev–Trinajstić information content (AvgIpc) is 2.49. The van der Waals surface area contributed by atoms with E-state index in [2.05, 4.69) is 4.90 Å². The maximum Gasteiger partial charge on any atom is 0.211 e. The van der Waals surface area contributed by atoms with Crippen molar-refractivity contribution < 1.29 is 17.9 Å². The van der Waals surface area contributed by atoms with Gasteiger partial charge in [-0.2, -0.15) is 0 Å². The molecule has 2 fully saturated rings. The summed E-state index contributed by atoms with van der Waals surface area (Å²) in [7, 11) is -3.26. The molecule has 2 aliphatic rings. The molecule has 0 unspecified atom stereocenters. The number of hydrogen-bond donors (Lipinski definition) is 1. The quantitative estimate of drug-likeness (QED) is 0.872. The second-order valence-corrected chi connectivity index (χ2v) is 9.28. The van der Waals surface area contributed by atoms with Crippen molar-refractivity contribution in [3.63, 3.8) is 0 Å². The molecule has 0 spiro atoms. The van der Waals surface area contributed by atoms with E-state index in [9.17, 15) is 17.9 Å². The monoisotopic (exact) mass is 376 g/mol. The number of aliphatic hydroxyl groups is 1. The Bertz CT molecular complexity index is 730. The summed E-state index contributed by atoms with van der Waals surface area (Å²) in [6.07, 6.45) is 2.24. The summed E-state index contributed by atoms with van der Waals surface area (Å²) in [6, 6.07) is 4.29. The molecule has 0 bridgehead atoms. The number of nitrogens with zero attached hydrogens (tertiary/aromatic N) is 2. The number of halogens is 2. The van der Waals surface area contributed by atoms with Gasteiger partial charge in [-0.25, -0.2) is 17.1 Å². The Kier molecular flexibility index (Phi) is 4.92. The topological polar surface area (TPSA) is 60.9 Å². The highest BCUT2D eigenvalue weighted by atomic mass is 35.5. The van der Waals surface area contributed by atoms with Crippen LogP contribution in [0, 0.1) is 11.7 Å². The van der Waals surface area contributed by atoms with Gasteiger partial charge in [-0.15, -0.1) is 0 Å². The molecule has 2 heterocycles. The molecular weight excluding hydrogens is 355 g/mol. The number of rotatable bonds is 3. The minimum Gasteiger partial charge on any atom is -0.389 e. The zero-order valence-corrected chi connectivity index (χ0v) is 15.2. The highest BCUT2D eigenvalue weighted by Gasteiger charge is 2.46. The van der Waals surface area contributed by atoms with Gasteiger partial charge in [-0.3, -0.25) is 4.90 Å². The van der Waals surface area contributed by atoms with Crippen LogP contribution >= 0.6 is 11.6 Å². The van der Waals surface area contributed by atoms with Crippen molar-refractivity contribution >= 4 is 21.6 Å². The first-order valence-corrected chi connectivity index (χ1v) is 10.2. The van der Waals surface area contributed by atoms with Gasteiger partial charge in [0, 0.05) is 43.7 Å². The van der Waals surface area contributed by atoms with E-state index in [1.165, 1.54) is 22.7 Å². The van der Waals surface area contributed by atoms with E-state index < -0.39 is 15.6 Å². The molecule has 0 aliphatic carbocycles. The summed E-state index contributed by atoms with van der Waals surface area (Å²) in [5.41, 5.74) is -0.110. The van der Waals surface area contributed by atoms with Crippen LogP contribution in [0.25, 0.3) is 0 Å². The van der Waals surface area contributed by atoms with Crippen molar-refractivity contribution in [2.24, 2.45) is 5.92 Å². The number of piperidine rings is 2. The Labute approximate surface area is 147 Å². The molecule has 3 rings (SSSR count). The highest BCUT2D eigenvalue weighted by molar-refractivity contribution is 7.88. The summed E-state index contributed by atoms with van der Waals surface area (Å²) in [6.45, 7) is 2.42. The smallest absolute Gasteiger partial charge is 0.211 e. The second kappa shape index (κ2) is 6.53. The molecule has 0 aromatic heterocycles. The van der Waals surface area contributed by atoms with Gasteiger partial charge >= 0.3 is 0 Å². The summed E-state index contributed by atoms with van der Waals surface area (Å²) < 4.78 is 38.4. The van der Waals surface area contributed by atoms with E-state index in [-0.39, 0.29) is 11.7 Å². The SMILES string of the molecule is CS(=O)(=O)N1CC[C@@]2(O)CCN(Cc3cc(F)ccc3Cl)C[C@H]2C1. The minimum absolute atomic E-state index is 0.151. The molecule has 2 atom stereocenters. The molecule has 1 aromatic carbocycles. The lowest BCUT2D eigenvalue weighted by atomic mass is 9.76. The van der Waals surface area contributed by atoms with Crippen molar-refractivity contribution in [3.05, 3.63) is 34.6 Å². The second-order valence-electron chi connectivity index (χ2n) is 6.89. The molecule has 2 aliphatic heterocycles. The first-order chi connectivity index (χ1) is 11.2. The standard InChI is InChI=1S/C16H22ClFN2O3S/c1-24(22,23)20-7-5-16(21)4-6-19(10-13(16)11-20)9-12-8-14(18)2-3-15(12)17/h2-3,8,13,21H,4-7,9-11H2,1H3/t13-,16-/m0/s1. The fraction of sp³-hybridized carbons (Fsp3) is 0.625. The lowest BCUT2D eigenvalue weighted by molar-refractivity contribution is -0.103. The van der Waals surface area contributed by atoms with Crippen LogP contribution in [0.2, 0.25) is 5.02 Å². The predicted octanol–water partition coefficient (Wildman–Crippen LogP) is 1.70. The zero-order valence-electron chi connectivity index (χ0n) is 13.6. The van der Waals surface area contributed by atoms with Crippen LogP contribution in [0.4, 0.5) is 4.39 Å². The Morgan fingerprint density at radius 1 is 1.33 bits per heavy atom. The van der Waals surface area contributed by atoms with Crippen molar-refractivity contribution in [1.82, 2.24) is 9.21 Å². The third kappa shape index (κ3) is 3.75. The minimum atomic E-state index is -3.26. The van der Waals surface area contributed by atoms with Crippen LogP contribution in [-0.2, 0) is 16.6 Å². The molecule has 0 radical (unpaired) electrons. The Balaban J connectivity index is 1.72. The number of benzene rings is 1. The number of sulfonamides is 1. The molecule has 2 saturated heterocycles. The van der Waals surface area contributed by atoms with E-state index in [0.29, 0.717) is 56.2 Å². The van der Waals surface area contributed by atoms with Gasteiger partial charge < -0.3 is 5.11 Å². The number of fused-ring (bicyclic) bond motifs is 1. The van der Waals surface area contributed by atoms with E-state index in [1.807, 2.05) is 0 Å². The largest absolute Gasteiger partial charge is 0.389 e. The molecule has 0 saturated carbocycles. The molecule has 24 heavy (non-hydrogen) atoms. The normalized spacial score (nSPS) is 29.4. The first-order valence-electron chi connectivity index (χ1n) is 8.01. The van der Waals surface area contributed by atoms with E-state index in [4.69, 9.17) is 11.6 Å². The van der Waals surface area contributed by atoms with Gasteiger partial charge in [0.2, 0.25) is 10.0 Å². The van der Waals surface area contributed by atoms with Crippen molar-refractivity contribution in [1.29, 1.82) is 0 Å². The third-order valence-electron chi connectivity index (χ3n) is 5.19. The molecule has 1 N–H and O–H groups in total. The van der Waals surface area contributed by atoms with Crippen LogP contribution in [0.3, 0.4) is 0 Å². The summed E-state index contributed by atoms with van der Waals surface area (Å²) in [5.74, 6) is -0.481. The van der Waals surface area contributed by atoms with Gasteiger partial charge in [0.1, 0.15) is 5.82 Å². The van der Waals surface area contributed by atoms with Crippen LogP contribution in [-0.4, -0.2) is 60.8 Å². The van der Waals surface area contributed by atoms with Crippen molar-refractivity contribution in [3.8, 4) is 0 Å². The van der Waals surface area contributed by atoms with E-state index in [1.54, 1.807) is 6.07 Å². The van der Waals surface area contributed by atoms with E-state index in [0.717, 1.165) is 0 Å². The fourth-order valence-electron chi connectivity index (χ4n) is 3.69. The molecule has 5 nitrogen and oxygen atoms in total. The van der Waals surface area contributed by atoms with Crippen LogP contribution < -0.4 is 0 Å². The number of hydrogen-bond acceptors (Lipinski definition) is 4. The van der Waals surface area contributed by atoms with Gasteiger partial charge in [0.25, 0.3) is 0 Å². The molecule has 1 aromatic rings. The Morgan fingerprint density at radius 2 is 2.04 bits per heavy atom. The molecule has 8 heteroatoms. The lowest BCUT2D eigenvalue weighted by Gasteiger charge is -2.49. The maximum atomic E-state index is 13.4. The Morgan fingerprint density at radius 3 is 2.75 bits per heavy atom. The summed E-state index contributed by atoms with van der Waals surface area (Å²) in [5, 5.41) is 11.3. The van der Waals surface area contributed by atoms with Gasteiger partial charge in [-0.1, -0.05) is 11.6 Å². The van der Waals surface area contributed by atoms with Crippen LogP contribution in [0.1, 0.15) is 18.4 Å². The summed E-state index contributed by atoms with van der Waals surface area (Å²) in [4.78, 5) is 2.10. The lowest BCUT2D eigenvalue weighted by Crippen LogP contribution is -2.60. The van der Waals surface area contributed by atoms with E-state index >= 15 is 0 Å². The van der Waals surface area contributed by atoms with Gasteiger partial charge in [-0.05, 0) is 36.6 Å². The highest BCUT2D eigenvalue weighted by Crippen LogP contribution is 2.36. The number of likely N-dealkylation sites (tertiary alicyclic amines) is 1. The first kappa shape index (κ1) is 18.1. The van der Waals surface area contributed by atoms with Crippen LogP contribution in [0.5, 0.6) is 0 Å².